The van der Waals surface area contributed by atoms with Gasteiger partial charge in [-0.2, -0.15) is 0 Å². The molecule has 1 amide bonds. The minimum absolute atomic E-state index is 0.00836. The van der Waals surface area contributed by atoms with Crippen molar-refractivity contribution in [1.82, 2.24) is 29.4 Å². The number of aryl methyl sites for hydroxylation is 2. The fourth-order valence-electron chi connectivity index (χ4n) is 5.07. The lowest BCUT2D eigenvalue weighted by atomic mass is 10.0. The molecule has 1 atom stereocenters. The monoisotopic (exact) mass is 548 g/mol. The number of fused-ring (bicyclic) bond motifs is 2. The fraction of sp³-hybridized carbons (Fsp3) is 0.258. The smallest absolute Gasteiger partial charge is 0.255 e. The maximum atomic E-state index is 13.2. The first kappa shape index (κ1) is 26.4. The average Bonchev–Trinajstić information content (AvgIpc) is 3.46. The number of imidazole rings is 1. The van der Waals surface area contributed by atoms with Gasteiger partial charge in [-0.3, -0.25) is 9.69 Å². The highest BCUT2D eigenvalue weighted by Gasteiger charge is 2.34. The average molecular weight is 549 g/mol. The highest BCUT2D eigenvalue weighted by Crippen LogP contribution is 2.33. The van der Waals surface area contributed by atoms with Crippen molar-refractivity contribution in [2.45, 2.75) is 13.8 Å². The van der Waals surface area contributed by atoms with Crippen LogP contribution in [0.15, 0.2) is 73.0 Å². The van der Waals surface area contributed by atoms with Crippen LogP contribution in [0.2, 0.25) is 0 Å². The largest absolute Gasteiger partial charge is 0.457 e. The van der Waals surface area contributed by atoms with Crippen LogP contribution >= 0.6 is 0 Å². The molecule has 2 aromatic carbocycles. The number of amides is 1. The number of anilines is 3. The molecule has 0 aliphatic carbocycles. The Bertz CT molecular complexity index is 1810. The van der Waals surface area contributed by atoms with E-state index in [1.54, 1.807) is 17.4 Å². The number of carbonyl (C=O) groups is 1. The van der Waals surface area contributed by atoms with Crippen molar-refractivity contribution in [2.24, 2.45) is 13.0 Å². The van der Waals surface area contributed by atoms with E-state index in [9.17, 15) is 4.79 Å². The lowest BCUT2D eigenvalue weighted by Gasteiger charge is -2.16. The van der Waals surface area contributed by atoms with E-state index in [4.69, 9.17) is 4.74 Å². The molecular formula is C31H32N8O2. The van der Waals surface area contributed by atoms with Crippen LogP contribution in [-0.2, 0) is 11.8 Å². The number of rotatable bonds is 7. The lowest BCUT2D eigenvalue weighted by Crippen LogP contribution is -2.26. The first-order valence-electron chi connectivity index (χ1n) is 13.5. The lowest BCUT2D eigenvalue weighted by molar-refractivity contribution is -0.114. The van der Waals surface area contributed by atoms with Gasteiger partial charge in [-0.15, -0.1) is 0 Å². The molecule has 208 valence electrons. The van der Waals surface area contributed by atoms with Crippen LogP contribution in [0.5, 0.6) is 11.5 Å². The van der Waals surface area contributed by atoms with Gasteiger partial charge in [-0.05, 0) is 63.0 Å². The van der Waals surface area contributed by atoms with Crippen molar-refractivity contribution >= 4 is 45.2 Å². The minimum Gasteiger partial charge on any atom is -0.457 e. The number of ether oxygens (including phenoxy) is 1. The molecule has 1 N–H and O–H groups in total. The molecule has 1 aliphatic heterocycles. The summed E-state index contributed by atoms with van der Waals surface area (Å²) in [4.78, 5) is 34.9. The molecule has 1 aliphatic rings. The van der Waals surface area contributed by atoms with Crippen molar-refractivity contribution < 1.29 is 9.53 Å². The molecule has 3 aromatic heterocycles. The number of carbonyl (C=O) groups excluding carboxylic acids is 1. The summed E-state index contributed by atoms with van der Waals surface area (Å²) in [7, 11) is 5.95. The summed E-state index contributed by atoms with van der Waals surface area (Å²) in [6.07, 6.45) is 7.00. The number of likely N-dealkylation sites (N-methyl/N-ethyl adjacent to an activating group) is 1. The second-order valence-electron chi connectivity index (χ2n) is 10.7. The Balaban J connectivity index is 1.24. The van der Waals surface area contributed by atoms with Crippen molar-refractivity contribution in [2.75, 3.05) is 37.4 Å². The predicted octanol–water partition coefficient (Wildman–Crippen LogP) is 5.23. The Labute approximate surface area is 238 Å². The van der Waals surface area contributed by atoms with Gasteiger partial charge in [0.15, 0.2) is 0 Å². The number of hydrogen-bond acceptors (Lipinski definition) is 8. The van der Waals surface area contributed by atoms with E-state index in [1.807, 2.05) is 86.1 Å². The third-order valence-electron chi connectivity index (χ3n) is 7.30. The van der Waals surface area contributed by atoms with Crippen LogP contribution in [0.4, 0.5) is 17.3 Å². The van der Waals surface area contributed by atoms with Gasteiger partial charge in [0.25, 0.3) is 5.91 Å². The third-order valence-corrected chi connectivity index (χ3v) is 7.30. The van der Waals surface area contributed by atoms with Crippen LogP contribution in [-0.4, -0.2) is 62.5 Å². The summed E-state index contributed by atoms with van der Waals surface area (Å²) >= 11 is 0. The van der Waals surface area contributed by atoms with E-state index >= 15 is 0 Å². The SMILES string of the molecule is Cc1cc(Nc2ncnc3cnc(N4CC(C)/C(=C\CN(C)C)C4=O)cc23)ccc1Oc1ccc2c(c1)ncn2C. The van der Waals surface area contributed by atoms with Crippen molar-refractivity contribution in [3.63, 3.8) is 0 Å². The Morgan fingerprint density at radius 3 is 2.73 bits per heavy atom. The molecule has 4 heterocycles. The highest BCUT2D eigenvalue weighted by atomic mass is 16.5. The second-order valence-corrected chi connectivity index (χ2v) is 10.7. The molecule has 41 heavy (non-hydrogen) atoms. The predicted molar refractivity (Wildman–Crippen MR) is 161 cm³/mol. The van der Waals surface area contributed by atoms with E-state index in [0.29, 0.717) is 23.7 Å². The Morgan fingerprint density at radius 2 is 1.93 bits per heavy atom. The standard InChI is InChI=1S/C31H32N8O2/c1-19-12-21(6-9-28(19)41-22-7-8-27-25(13-22)35-18-38(27)5)36-30-24-14-29(32-15-26(24)33-17-34-30)39-16-20(2)23(31(39)40)10-11-37(3)4/h6-10,12-15,17-18,20H,11,16H2,1-5H3,(H,33,34,36)/b23-10+. The molecule has 0 bridgehead atoms. The van der Waals surface area contributed by atoms with Gasteiger partial charge in [0, 0.05) is 48.8 Å². The molecule has 1 fully saturated rings. The molecule has 6 rings (SSSR count). The van der Waals surface area contributed by atoms with Crippen LogP contribution in [0, 0.1) is 12.8 Å². The molecule has 10 nitrogen and oxygen atoms in total. The van der Waals surface area contributed by atoms with E-state index in [2.05, 4.69) is 32.2 Å². The molecule has 10 heteroatoms. The normalized spacial score (nSPS) is 16.4. The first-order chi connectivity index (χ1) is 19.8. The van der Waals surface area contributed by atoms with Crippen LogP contribution in [0.1, 0.15) is 12.5 Å². The number of benzene rings is 2. The van der Waals surface area contributed by atoms with Gasteiger partial charge in [-0.1, -0.05) is 13.0 Å². The Morgan fingerprint density at radius 1 is 1.07 bits per heavy atom. The summed E-state index contributed by atoms with van der Waals surface area (Å²) in [5, 5.41) is 4.20. The Kier molecular flexibility index (Phi) is 6.84. The first-order valence-corrected chi connectivity index (χ1v) is 13.5. The van der Waals surface area contributed by atoms with Gasteiger partial charge in [0.1, 0.15) is 29.5 Å². The number of hydrogen-bond donors (Lipinski definition) is 1. The van der Waals surface area contributed by atoms with Crippen LogP contribution in [0.25, 0.3) is 21.9 Å². The minimum atomic E-state index is -0.00836. The second kappa shape index (κ2) is 10.6. The maximum Gasteiger partial charge on any atom is 0.255 e. The van der Waals surface area contributed by atoms with E-state index in [0.717, 1.165) is 51.3 Å². The maximum absolute atomic E-state index is 13.2. The summed E-state index contributed by atoms with van der Waals surface area (Å²) < 4.78 is 8.15. The summed E-state index contributed by atoms with van der Waals surface area (Å²) in [5.41, 5.74) is 5.26. The quantitative estimate of drug-likeness (QED) is 0.276. The van der Waals surface area contributed by atoms with Crippen molar-refractivity contribution in [3.8, 4) is 11.5 Å². The number of pyridine rings is 1. The number of nitrogens with zero attached hydrogens (tertiary/aromatic N) is 7. The van der Waals surface area contributed by atoms with Gasteiger partial charge >= 0.3 is 0 Å². The van der Waals surface area contributed by atoms with Crippen LogP contribution < -0.4 is 15.0 Å². The third kappa shape index (κ3) is 5.21. The summed E-state index contributed by atoms with van der Waals surface area (Å²) in [6, 6.07) is 13.7. The number of nitrogens with one attached hydrogen (secondary N) is 1. The Hall–Kier alpha value is -4.83. The highest BCUT2D eigenvalue weighted by molar-refractivity contribution is 6.09. The molecule has 5 aromatic rings. The van der Waals surface area contributed by atoms with Crippen molar-refractivity contribution in [1.29, 1.82) is 0 Å². The van der Waals surface area contributed by atoms with Crippen molar-refractivity contribution in [3.05, 3.63) is 78.5 Å². The zero-order valence-electron chi connectivity index (χ0n) is 23.8. The fourth-order valence-corrected chi connectivity index (χ4v) is 5.07. The molecule has 1 unspecified atom stereocenters. The topological polar surface area (TPSA) is 101 Å². The van der Waals surface area contributed by atoms with E-state index < -0.39 is 0 Å². The molecule has 0 radical (unpaired) electrons. The van der Waals surface area contributed by atoms with Crippen LogP contribution in [0.3, 0.4) is 0 Å². The zero-order chi connectivity index (χ0) is 28.7. The molecule has 0 saturated carbocycles. The molecular weight excluding hydrogens is 516 g/mol. The number of aromatic nitrogens is 5. The van der Waals surface area contributed by atoms with E-state index in [-0.39, 0.29) is 11.8 Å². The zero-order valence-corrected chi connectivity index (χ0v) is 23.8. The summed E-state index contributed by atoms with van der Waals surface area (Å²) in [6.45, 7) is 5.38. The van der Waals surface area contributed by atoms with Gasteiger partial charge in [-0.25, -0.2) is 19.9 Å². The van der Waals surface area contributed by atoms with Gasteiger partial charge in [0.05, 0.1) is 29.1 Å². The molecule has 0 spiro atoms. The van der Waals surface area contributed by atoms with E-state index in [1.165, 1.54) is 6.33 Å². The summed E-state index contributed by atoms with van der Waals surface area (Å²) in [5.74, 6) is 2.82. The van der Waals surface area contributed by atoms with Gasteiger partial charge in [0.2, 0.25) is 0 Å². The molecule has 1 saturated heterocycles. The van der Waals surface area contributed by atoms with Gasteiger partial charge < -0.3 is 19.5 Å².